The third kappa shape index (κ3) is 43.6. The fourth-order valence-electron chi connectivity index (χ4n) is 7.34. The van der Waals surface area contributed by atoms with Gasteiger partial charge in [0.15, 0.2) is 6.29 Å². The molecule has 0 spiro atoms. The fraction of sp³-hybridized carbons (Fsp3) is 0.804. The molecule has 378 valence electrons. The Bertz CT molecular complexity index is 1230. The summed E-state index contributed by atoms with van der Waals surface area (Å²) >= 11 is 0. The lowest BCUT2D eigenvalue weighted by Crippen LogP contribution is -2.28. The summed E-state index contributed by atoms with van der Waals surface area (Å²) in [6.45, 7) is 23.6. The molecule has 0 radical (unpaired) electrons. The van der Waals surface area contributed by atoms with Crippen LogP contribution in [-0.2, 0) is 38.1 Å². The van der Waals surface area contributed by atoms with Crippen molar-refractivity contribution in [3.8, 4) is 0 Å². The minimum atomic E-state index is -0.505. The van der Waals surface area contributed by atoms with E-state index in [4.69, 9.17) is 23.7 Å². The topological polar surface area (TPSA) is 101 Å². The molecule has 0 aromatic rings. The maximum atomic E-state index is 13.1. The number of rotatable bonds is 45. The van der Waals surface area contributed by atoms with Gasteiger partial charge in [-0.3, -0.25) is 14.4 Å². The Kier molecular flexibility index (Phi) is 43.1. The first-order valence-corrected chi connectivity index (χ1v) is 26.4. The van der Waals surface area contributed by atoms with Crippen molar-refractivity contribution in [2.45, 2.75) is 223 Å². The second kappa shape index (κ2) is 45.1. The lowest BCUT2D eigenvalue weighted by molar-refractivity contribution is -0.163. The Balaban J connectivity index is 5.14. The average Bonchev–Trinajstić information content (AvgIpc) is 3.26. The molecule has 0 aliphatic carbocycles. The predicted molar refractivity (Wildman–Crippen MR) is 272 cm³/mol. The molecule has 0 rings (SSSR count). The zero-order valence-electron chi connectivity index (χ0n) is 43.6. The van der Waals surface area contributed by atoms with Crippen molar-refractivity contribution in [1.29, 1.82) is 0 Å². The summed E-state index contributed by atoms with van der Waals surface area (Å²) in [5.41, 5.74) is 2.68. The van der Waals surface area contributed by atoms with E-state index in [2.05, 4.69) is 104 Å². The van der Waals surface area contributed by atoms with E-state index in [1.807, 2.05) is 0 Å². The molecule has 0 aliphatic heterocycles. The smallest absolute Gasteiger partial charge is 0.305 e. The third-order valence-electron chi connectivity index (χ3n) is 11.5. The molecule has 0 aromatic carbocycles. The Labute approximate surface area is 400 Å². The first-order chi connectivity index (χ1) is 31.4. The van der Waals surface area contributed by atoms with Crippen molar-refractivity contribution in [3.63, 3.8) is 0 Å². The van der Waals surface area contributed by atoms with Gasteiger partial charge in [-0.1, -0.05) is 114 Å². The maximum absolute atomic E-state index is 13.1. The maximum Gasteiger partial charge on any atom is 0.305 e. The Morgan fingerprint density at radius 1 is 0.477 bits per heavy atom. The summed E-state index contributed by atoms with van der Waals surface area (Å²) in [5, 5.41) is 0. The van der Waals surface area contributed by atoms with Crippen molar-refractivity contribution >= 4 is 17.9 Å². The monoisotopic (exact) mass is 916 g/mol. The number of allylic oxidation sites excluding steroid dienone is 8. The molecule has 0 bridgehead atoms. The Morgan fingerprint density at radius 3 is 1.43 bits per heavy atom. The summed E-state index contributed by atoms with van der Waals surface area (Å²) in [7, 11) is 0. The second-order valence-corrected chi connectivity index (χ2v) is 19.1. The van der Waals surface area contributed by atoms with Crippen LogP contribution in [0.4, 0.5) is 0 Å². The van der Waals surface area contributed by atoms with Crippen molar-refractivity contribution in [3.05, 3.63) is 47.6 Å². The molecule has 0 aliphatic rings. The van der Waals surface area contributed by atoms with Crippen molar-refractivity contribution in [2.24, 2.45) is 17.8 Å². The summed E-state index contributed by atoms with van der Waals surface area (Å²) < 4.78 is 29.5. The van der Waals surface area contributed by atoms with Crippen LogP contribution < -0.4 is 0 Å². The summed E-state index contributed by atoms with van der Waals surface area (Å²) in [6, 6.07) is 0. The van der Waals surface area contributed by atoms with E-state index in [1.54, 1.807) is 0 Å². The molecule has 0 saturated carbocycles. The normalized spacial score (nSPS) is 13.5. The number of ether oxygens (including phenoxy) is 5. The molecule has 3 unspecified atom stereocenters. The number of unbranched alkanes of at least 4 members (excludes halogenated alkanes) is 8. The standard InChI is InChI=1S/C56H101NO8/c1-10-13-14-15-16-17-18-19-20-21-22-23-24-25-26-34-53(58)63-45-52(46-64-54(59)35-29-42-57(40-11-2)41-12-3)47-65-55(60)36-37-56(61-43-38-50(8)32-27-30-48(4)5)62-44-39-51(9)33-28-31-49(6)7/h16-17,19-20,30-31,50-52,56H,10-15,18,21-29,32-47H2,1-9H3/b17-16-,20-19-. The highest BCUT2D eigenvalue weighted by molar-refractivity contribution is 5.70. The quantitative estimate of drug-likeness (QED) is 0.0194. The van der Waals surface area contributed by atoms with Gasteiger partial charge in [0.05, 0.1) is 12.3 Å². The van der Waals surface area contributed by atoms with E-state index in [9.17, 15) is 14.4 Å². The van der Waals surface area contributed by atoms with E-state index in [0.717, 1.165) is 122 Å². The SMILES string of the molecule is CCCCC/C=C\C/C=C\CCCCCCCC(=O)OCC(COC(=O)CCCN(CCC)CCC)COC(=O)CCC(OCCC(C)CCC=C(C)C)OCCC(C)CCC=C(C)C. The van der Waals surface area contributed by atoms with E-state index in [0.29, 0.717) is 44.3 Å². The van der Waals surface area contributed by atoms with Crippen LogP contribution in [0.2, 0.25) is 0 Å². The zero-order chi connectivity index (χ0) is 48.2. The van der Waals surface area contributed by atoms with Crippen LogP contribution in [0.15, 0.2) is 47.6 Å². The summed E-state index contributed by atoms with van der Waals surface area (Å²) in [4.78, 5) is 41.1. The van der Waals surface area contributed by atoms with E-state index >= 15 is 0 Å². The molecular weight excluding hydrogens is 815 g/mol. The molecule has 3 atom stereocenters. The second-order valence-electron chi connectivity index (χ2n) is 19.1. The summed E-state index contributed by atoms with van der Waals surface area (Å²) in [6.07, 6.45) is 35.6. The highest BCUT2D eigenvalue weighted by Crippen LogP contribution is 2.17. The number of nitrogens with zero attached hydrogens (tertiary/aromatic N) is 1. The molecule has 0 N–H and O–H groups in total. The first-order valence-electron chi connectivity index (χ1n) is 26.4. The lowest BCUT2D eigenvalue weighted by Gasteiger charge is -2.21. The van der Waals surface area contributed by atoms with Crippen LogP contribution in [0.25, 0.3) is 0 Å². The van der Waals surface area contributed by atoms with Gasteiger partial charge in [0.2, 0.25) is 0 Å². The average molecular weight is 916 g/mol. The largest absolute Gasteiger partial charge is 0.465 e. The molecule has 65 heavy (non-hydrogen) atoms. The van der Waals surface area contributed by atoms with Gasteiger partial charge in [0.1, 0.15) is 19.8 Å². The highest BCUT2D eigenvalue weighted by atomic mass is 16.7. The molecule has 9 nitrogen and oxygen atoms in total. The Morgan fingerprint density at radius 2 is 0.938 bits per heavy atom. The van der Waals surface area contributed by atoms with Crippen LogP contribution in [0.5, 0.6) is 0 Å². The van der Waals surface area contributed by atoms with Gasteiger partial charge in [0, 0.05) is 32.5 Å². The van der Waals surface area contributed by atoms with Crippen LogP contribution >= 0.6 is 0 Å². The van der Waals surface area contributed by atoms with E-state index in [-0.39, 0.29) is 44.1 Å². The van der Waals surface area contributed by atoms with Gasteiger partial charge in [0.25, 0.3) is 0 Å². The predicted octanol–water partition coefficient (Wildman–Crippen LogP) is 14.6. The van der Waals surface area contributed by atoms with Gasteiger partial charge in [-0.25, -0.2) is 0 Å². The van der Waals surface area contributed by atoms with Crippen molar-refractivity contribution in [2.75, 3.05) is 52.7 Å². The highest BCUT2D eigenvalue weighted by Gasteiger charge is 2.20. The van der Waals surface area contributed by atoms with Crippen LogP contribution in [0.1, 0.15) is 216 Å². The number of hydrogen-bond acceptors (Lipinski definition) is 9. The number of hydrogen-bond donors (Lipinski definition) is 0. The van der Waals surface area contributed by atoms with Crippen LogP contribution in [-0.4, -0.2) is 81.8 Å². The summed E-state index contributed by atoms with van der Waals surface area (Å²) in [5.74, 6) is -0.378. The Hall–Kier alpha value is -2.75. The van der Waals surface area contributed by atoms with E-state index < -0.39 is 12.2 Å². The molecule has 0 fully saturated rings. The van der Waals surface area contributed by atoms with Gasteiger partial charge < -0.3 is 28.6 Å². The minimum absolute atomic E-state index is 0.0113. The molecular formula is C56H101NO8. The van der Waals surface area contributed by atoms with Crippen molar-refractivity contribution in [1.82, 2.24) is 4.90 Å². The third-order valence-corrected chi connectivity index (χ3v) is 11.5. The minimum Gasteiger partial charge on any atom is -0.465 e. The number of carbonyl (C=O) groups excluding carboxylic acids is 3. The van der Waals surface area contributed by atoms with Crippen LogP contribution in [0, 0.1) is 17.8 Å². The number of esters is 3. The lowest BCUT2D eigenvalue weighted by atomic mass is 10.0. The molecule has 0 saturated heterocycles. The first kappa shape index (κ1) is 62.2. The van der Waals surface area contributed by atoms with Crippen molar-refractivity contribution < 1.29 is 38.1 Å². The number of carbonyl (C=O) groups is 3. The van der Waals surface area contributed by atoms with Gasteiger partial charge in [-0.15, -0.1) is 0 Å². The molecule has 0 aromatic heterocycles. The molecule has 0 heterocycles. The molecule has 9 heteroatoms. The van der Waals surface area contributed by atoms with Gasteiger partial charge in [-0.05, 0) is 155 Å². The van der Waals surface area contributed by atoms with Crippen LogP contribution in [0.3, 0.4) is 0 Å². The fourth-order valence-corrected chi connectivity index (χ4v) is 7.34. The van der Waals surface area contributed by atoms with Gasteiger partial charge in [-0.2, -0.15) is 0 Å². The zero-order valence-corrected chi connectivity index (χ0v) is 43.6. The van der Waals surface area contributed by atoms with E-state index in [1.165, 1.54) is 36.8 Å². The molecule has 0 amide bonds. The van der Waals surface area contributed by atoms with Gasteiger partial charge >= 0.3 is 17.9 Å².